The van der Waals surface area contributed by atoms with E-state index in [4.69, 9.17) is 19.2 Å². The minimum Gasteiger partial charge on any atom is -0.497 e. The van der Waals surface area contributed by atoms with Crippen molar-refractivity contribution in [2.24, 2.45) is 0 Å². The van der Waals surface area contributed by atoms with Gasteiger partial charge < -0.3 is 19.5 Å². The summed E-state index contributed by atoms with van der Waals surface area (Å²) in [6.45, 7) is 0. The highest BCUT2D eigenvalue weighted by Crippen LogP contribution is 2.28. The first kappa shape index (κ1) is 23.4. The van der Waals surface area contributed by atoms with Gasteiger partial charge in [0, 0.05) is 10.9 Å². The maximum Gasteiger partial charge on any atom is 0.339 e. The number of nitrogens with one attached hydrogen (secondary N) is 1. The number of para-hydroxylation sites is 1. The molecule has 3 aromatic carbocycles. The number of pyridine rings is 1. The van der Waals surface area contributed by atoms with Gasteiger partial charge in [0.25, 0.3) is 5.91 Å². The molecule has 0 saturated heterocycles. The standard InChI is InChI=1S/C27H22N2O6/c1-33-18-11-8-16(9-12-18)23-15-21(19-6-4-5-7-22(19)28-23)25(30)29-24-14-17(26(31)34-2)10-13-20(24)27(32)35-3/h4-15H,1-3H3,(H,29,30). The Morgan fingerprint density at radius 3 is 2.17 bits per heavy atom. The number of aromatic nitrogens is 1. The maximum atomic E-state index is 13.5. The van der Waals surface area contributed by atoms with Gasteiger partial charge in [-0.2, -0.15) is 0 Å². The van der Waals surface area contributed by atoms with Crippen LogP contribution in [0, 0.1) is 0 Å². The van der Waals surface area contributed by atoms with Crippen LogP contribution in [0.5, 0.6) is 5.75 Å². The number of rotatable bonds is 6. The van der Waals surface area contributed by atoms with E-state index in [2.05, 4.69) is 5.32 Å². The van der Waals surface area contributed by atoms with Gasteiger partial charge in [0.1, 0.15) is 5.75 Å². The lowest BCUT2D eigenvalue weighted by atomic mass is 10.0. The number of esters is 2. The number of fused-ring (bicyclic) bond motifs is 1. The summed E-state index contributed by atoms with van der Waals surface area (Å²) >= 11 is 0. The second-order valence-electron chi connectivity index (χ2n) is 7.50. The molecule has 176 valence electrons. The number of hydrogen-bond donors (Lipinski definition) is 1. The lowest BCUT2D eigenvalue weighted by Gasteiger charge is -2.14. The number of amides is 1. The molecule has 4 aromatic rings. The Balaban J connectivity index is 1.80. The minimum atomic E-state index is -0.657. The predicted molar refractivity (Wildman–Crippen MR) is 131 cm³/mol. The highest BCUT2D eigenvalue weighted by molar-refractivity contribution is 6.15. The van der Waals surface area contributed by atoms with E-state index in [0.717, 1.165) is 5.56 Å². The van der Waals surface area contributed by atoms with Gasteiger partial charge in [0.05, 0.1) is 54.9 Å². The fourth-order valence-electron chi connectivity index (χ4n) is 3.64. The van der Waals surface area contributed by atoms with Crippen molar-refractivity contribution in [3.05, 3.63) is 89.5 Å². The van der Waals surface area contributed by atoms with Crippen molar-refractivity contribution in [1.82, 2.24) is 4.98 Å². The molecule has 1 N–H and O–H groups in total. The van der Waals surface area contributed by atoms with Crippen molar-refractivity contribution in [3.8, 4) is 17.0 Å². The topological polar surface area (TPSA) is 104 Å². The lowest BCUT2D eigenvalue weighted by Crippen LogP contribution is -2.17. The zero-order chi connectivity index (χ0) is 24.9. The Morgan fingerprint density at radius 1 is 0.771 bits per heavy atom. The summed E-state index contributed by atoms with van der Waals surface area (Å²) in [7, 11) is 4.07. The summed E-state index contributed by atoms with van der Waals surface area (Å²) in [4.78, 5) is 42.5. The van der Waals surface area contributed by atoms with Crippen LogP contribution in [0.4, 0.5) is 5.69 Å². The fraction of sp³-hybridized carbons (Fsp3) is 0.111. The van der Waals surface area contributed by atoms with Crippen LogP contribution in [-0.4, -0.2) is 44.2 Å². The third kappa shape index (κ3) is 4.81. The number of carbonyl (C=O) groups excluding carboxylic acids is 3. The molecule has 0 aliphatic carbocycles. The highest BCUT2D eigenvalue weighted by Gasteiger charge is 2.20. The monoisotopic (exact) mass is 470 g/mol. The molecular weight excluding hydrogens is 448 g/mol. The van der Waals surface area contributed by atoms with Gasteiger partial charge in [0.2, 0.25) is 0 Å². The summed E-state index contributed by atoms with van der Waals surface area (Å²) in [5.41, 5.74) is 2.76. The van der Waals surface area contributed by atoms with E-state index < -0.39 is 17.8 Å². The summed E-state index contributed by atoms with van der Waals surface area (Å²) in [5.74, 6) is -1.04. The van der Waals surface area contributed by atoms with E-state index in [1.165, 1.54) is 32.4 Å². The van der Waals surface area contributed by atoms with E-state index >= 15 is 0 Å². The third-order valence-electron chi connectivity index (χ3n) is 5.44. The Bertz CT molecular complexity index is 1430. The Hall–Kier alpha value is -4.72. The van der Waals surface area contributed by atoms with Gasteiger partial charge in [-0.25, -0.2) is 14.6 Å². The van der Waals surface area contributed by atoms with Crippen molar-refractivity contribution in [1.29, 1.82) is 0 Å². The molecule has 1 heterocycles. The first-order chi connectivity index (χ1) is 16.9. The summed E-state index contributed by atoms with van der Waals surface area (Å²) in [6, 6.07) is 20.5. The number of carbonyl (C=O) groups is 3. The van der Waals surface area contributed by atoms with Crippen molar-refractivity contribution < 1.29 is 28.6 Å². The average Bonchev–Trinajstić information content (AvgIpc) is 2.91. The van der Waals surface area contributed by atoms with Gasteiger partial charge in [-0.1, -0.05) is 18.2 Å². The van der Waals surface area contributed by atoms with Crippen LogP contribution < -0.4 is 10.1 Å². The number of methoxy groups -OCH3 is 3. The first-order valence-corrected chi connectivity index (χ1v) is 10.6. The number of benzene rings is 3. The summed E-state index contributed by atoms with van der Waals surface area (Å²) < 4.78 is 14.8. The molecule has 0 bridgehead atoms. The minimum absolute atomic E-state index is 0.0993. The van der Waals surface area contributed by atoms with Crippen molar-refractivity contribution in [2.75, 3.05) is 26.6 Å². The van der Waals surface area contributed by atoms with Crippen LogP contribution in [0.15, 0.2) is 72.8 Å². The number of nitrogens with zero attached hydrogens (tertiary/aromatic N) is 1. The molecule has 8 nitrogen and oxygen atoms in total. The van der Waals surface area contributed by atoms with Gasteiger partial charge in [-0.15, -0.1) is 0 Å². The number of hydrogen-bond acceptors (Lipinski definition) is 7. The number of ether oxygens (including phenoxy) is 3. The van der Waals surface area contributed by atoms with Crippen LogP contribution >= 0.6 is 0 Å². The van der Waals surface area contributed by atoms with Crippen LogP contribution in [0.25, 0.3) is 22.2 Å². The molecule has 4 rings (SSSR count). The highest BCUT2D eigenvalue weighted by atomic mass is 16.5. The third-order valence-corrected chi connectivity index (χ3v) is 5.44. The van der Waals surface area contributed by atoms with Crippen LogP contribution in [-0.2, 0) is 9.47 Å². The molecule has 0 unspecified atom stereocenters. The molecule has 0 radical (unpaired) electrons. The van der Waals surface area contributed by atoms with Crippen molar-refractivity contribution >= 4 is 34.4 Å². The van der Waals surface area contributed by atoms with Gasteiger partial charge in [-0.05, 0) is 54.6 Å². The molecule has 0 aliphatic rings. The second kappa shape index (κ2) is 10.0. The molecule has 35 heavy (non-hydrogen) atoms. The lowest BCUT2D eigenvalue weighted by molar-refractivity contribution is 0.0587. The smallest absolute Gasteiger partial charge is 0.339 e. The van der Waals surface area contributed by atoms with Crippen molar-refractivity contribution in [3.63, 3.8) is 0 Å². The van der Waals surface area contributed by atoms with E-state index in [9.17, 15) is 14.4 Å². The summed E-state index contributed by atoms with van der Waals surface area (Å²) in [6.07, 6.45) is 0. The Labute approximate surface area is 201 Å². The normalized spacial score (nSPS) is 10.5. The predicted octanol–water partition coefficient (Wildman–Crippen LogP) is 4.74. The second-order valence-corrected chi connectivity index (χ2v) is 7.50. The van der Waals surface area contributed by atoms with Gasteiger partial charge in [0.15, 0.2) is 0 Å². The molecule has 0 fully saturated rings. The Morgan fingerprint density at radius 2 is 1.49 bits per heavy atom. The zero-order valence-electron chi connectivity index (χ0n) is 19.3. The van der Waals surface area contributed by atoms with Gasteiger partial charge >= 0.3 is 11.9 Å². The SMILES string of the molecule is COC(=O)c1ccc(C(=O)OC)c(NC(=O)c2cc(-c3ccc(OC)cc3)nc3ccccc23)c1. The van der Waals surface area contributed by atoms with Crippen LogP contribution in [0.2, 0.25) is 0 Å². The molecule has 0 spiro atoms. The molecular formula is C27H22N2O6. The van der Waals surface area contributed by atoms with Crippen LogP contribution in [0.3, 0.4) is 0 Å². The zero-order valence-corrected chi connectivity index (χ0v) is 19.3. The quantitative estimate of drug-likeness (QED) is 0.406. The summed E-state index contributed by atoms with van der Waals surface area (Å²) in [5, 5.41) is 3.39. The van der Waals surface area contributed by atoms with Crippen molar-refractivity contribution in [2.45, 2.75) is 0 Å². The molecule has 8 heteroatoms. The van der Waals surface area contributed by atoms with E-state index in [1.807, 2.05) is 42.5 Å². The maximum absolute atomic E-state index is 13.5. The molecule has 0 aliphatic heterocycles. The first-order valence-electron chi connectivity index (χ1n) is 10.6. The molecule has 1 amide bonds. The fourth-order valence-corrected chi connectivity index (χ4v) is 3.64. The molecule has 0 atom stereocenters. The molecule has 0 saturated carbocycles. The average molecular weight is 470 g/mol. The van der Waals surface area contributed by atoms with E-state index in [1.54, 1.807) is 19.2 Å². The van der Waals surface area contributed by atoms with E-state index in [-0.39, 0.29) is 16.8 Å². The number of anilines is 1. The van der Waals surface area contributed by atoms with Gasteiger partial charge in [-0.3, -0.25) is 4.79 Å². The molecule has 1 aromatic heterocycles. The largest absolute Gasteiger partial charge is 0.497 e. The Kier molecular flexibility index (Phi) is 6.73. The van der Waals surface area contributed by atoms with Crippen LogP contribution in [0.1, 0.15) is 31.1 Å². The van der Waals surface area contributed by atoms with E-state index in [0.29, 0.717) is 27.9 Å².